The van der Waals surface area contributed by atoms with Gasteiger partial charge in [-0.25, -0.2) is 4.98 Å². The van der Waals surface area contributed by atoms with Crippen LogP contribution in [0.15, 0.2) is 54.7 Å². The number of fused-ring (bicyclic) bond motifs is 1. The highest BCUT2D eigenvalue weighted by molar-refractivity contribution is 6.47. The standard InChI is InChI=1S/C20H22BN2O2/c1-19(2,24)20(3,4)25-21-15-9-11-16-14(13-15)8-10-18(23-16)17-7-5-6-12-22-17/h5-13,24H,1-4H3. The van der Waals surface area contributed by atoms with Crippen molar-refractivity contribution in [2.75, 3.05) is 0 Å². The molecule has 0 spiro atoms. The second-order valence-corrected chi connectivity index (χ2v) is 7.17. The highest BCUT2D eigenvalue weighted by Gasteiger charge is 2.35. The summed E-state index contributed by atoms with van der Waals surface area (Å²) in [5.41, 5.74) is 1.90. The van der Waals surface area contributed by atoms with E-state index in [0.717, 1.165) is 27.8 Å². The van der Waals surface area contributed by atoms with Crippen molar-refractivity contribution in [3.05, 3.63) is 54.7 Å². The van der Waals surface area contributed by atoms with Gasteiger partial charge >= 0.3 is 7.48 Å². The van der Waals surface area contributed by atoms with Crippen molar-refractivity contribution in [1.29, 1.82) is 0 Å². The van der Waals surface area contributed by atoms with E-state index in [2.05, 4.69) is 9.97 Å². The number of nitrogens with zero attached hydrogens (tertiary/aromatic N) is 2. The van der Waals surface area contributed by atoms with Crippen molar-refractivity contribution in [3.8, 4) is 11.4 Å². The minimum atomic E-state index is -0.945. The summed E-state index contributed by atoms with van der Waals surface area (Å²) in [6.45, 7) is 7.21. The summed E-state index contributed by atoms with van der Waals surface area (Å²) >= 11 is 0. The van der Waals surface area contributed by atoms with Crippen LogP contribution in [0.1, 0.15) is 27.7 Å². The zero-order valence-corrected chi connectivity index (χ0v) is 15.0. The van der Waals surface area contributed by atoms with Gasteiger partial charge in [0, 0.05) is 6.20 Å². The highest BCUT2D eigenvalue weighted by atomic mass is 16.5. The molecule has 1 aromatic carbocycles. The molecule has 4 nitrogen and oxygen atoms in total. The van der Waals surface area contributed by atoms with Gasteiger partial charge in [0.05, 0.1) is 28.1 Å². The molecule has 2 aromatic heterocycles. The largest absolute Gasteiger partial charge is 0.427 e. The third-order valence-corrected chi connectivity index (χ3v) is 4.60. The van der Waals surface area contributed by atoms with E-state index in [0.29, 0.717) is 0 Å². The van der Waals surface area contributed by atoms with E-state index in [4.69, 9.17) is 4.65 Å². The van der Waals surface area contributed by atoms with Crippen LogP contribution in [0, 0.1) is 0 Å². The summed E-state index contributed by atoms with van der Waals surface area (Å²) < 4.78 is 5.82. The Morgan fingerprint density at radius 1 is 0.960 bits per heavy atom. The Morgan fingerprint density at radius 2 is 1.76 bits per heavy atom. The summed E-state index contributed by atoms with van der Waals surface area (Å²) in [7, 11) is 1.68. The van der Waals surface area contributed by atoms with Crippen molar-refractivity contribution in [2.24, 2.45) is 0 Å². The Morgan fingerprint density at radius 3 is 2.44 bits per heavy atom. The minimum Gasteiger partial charge on any atom is -0.427 e. The average molecular weight is 333 g/mol. The van der Waals surface area contributed by atoms with Gasteiger partial charge in [-0.2, -0.15) is 0 Å². The van der Waals surface area contributed by atoms with Crippen molar-refractivity contribution in [2.45, 2.75) is 38.9 Å². The summed E-state index contributed by atoms with van der Waals surface area (Å²) in [5.74, 6) is 0. The van der Waals surface area contributed by atoms with Crippen LogP contribution in [0.4, 0.5) is 0 Å². The van der Waals surface area contributed by atoms with Crippen LogP contribution in [0.5, 0.6) is 0 Å². The van der Waals surface area contributed by atoms with Gasteiger partial charge in [-0.15, -0.1) is 0 Å². The second kappa shape index (κ2) is 6.58. The van der Waals surface area contributed by atoms with Gasteiger partial charge in [0.1, 0.15) is 0 Å². The van der Waals surface area contributed by atoms with Crippen molar-refractivity contribution in [3.63, 3.8) is 0 Å². The van der Waals surface area contributed by atoms with Crippen LogP contribution < -0.4 is 5.46 Å². The quantitative estimate of drug-likeness (QED) is 0.729. The first-order valence-electron chi connectivity index (χ1n) is 8.32. The number of hydrogen-bond acceptors (Lipinski definition) is 4. The molecule has 3 aromatic rings. The van der Waals surface area contributed by atoms with Crippen LogP contribution in [0.25, 0.3) is 22.3 Å². The zero-order valence-electron chi connectivity index (χ0n) is 15.0. The minimum absolute atomic E-state index is 0.691. The first-order valence-corrected chi connectivity index (χ1v) is 8.32. The second-order valence-electron chi connectivity index (χ2n) is 7.17. The lowest BCUT2D eigenvalue weighted by Crippen LogP contribution is -2.49. The molecular weight excluding hydrogens is 311 g/mol. The predicted octanol–water partition coefficient (Wildman–Crippen LogP) is 3.11. The Labute approximate surface area is 149 Å². The average Bonchev–Trinajstić information content (AvgIpc) is 2.59. The fourth-order valence-electron chi connectivity index (χ4n) is 2.23. The Kier molecular flexibility index (Phi) is 4.63. The molecule has 3 rings (SSSR count). The lowest BCUT2D eigenvalue weighted by atomic mass is 9.82. The number of pyridine rings is 2. The Balaban J connectivity index is 1.82. The molecule has 0 saturated heterocycles. The topological polar surface area (TPSA) is 55.2 Å². The normalized spacial score (nSPS) is 12.4. The van der Waals surface area contributed by atoms with E-state index in [1.54, 1.807) is 27.5 Å². The highest BCUT2D eigenvalue weighted by Crippen LogP contribution is 2.24. The van der Waals surface area contributed by atoms with E-state index >= 15 is 0 Å². The van der Waals surface area contributed by atoms with E-state index in [1.165, 1.54) is 0 Å². The first-order chi connectivity index (χ1) is 11.8. The van der Waals surface area contributed by atoms with Crippen LogP contribution in [0.2, 0.25) is 0 Å². The molecule has 0 amide bonds. The fraction of sp³-hybridized carbons (Fsp3) is 0.300. The zero-order chi connectivity index (χ0) is 18.1. The van der Waals surface area contributed by atoms with Crippen molar-refractivity contribution >= 4 is 23.8 Å². The van der Waals surface area contributed by atoms with E-state index in [-0.39, 0.29) is 0 Å². The van der Waals surface area contributed by atoms with Gasteiger partial charge in [0.15, 0.2) is 0 Å². The molecule has 5 heteroatoms. The van der Waals surface area contributed by atoms with Gasteiger partial charge < -0.3 is 9.76 Å². The molecule has 0 fully saturated rings. The van der Waals surface area contributed by atoms with Crippen molar-refractivity contribution < 1.29 is 9.76 Å². The molecular formula is C20H22BN2O2. The molecule has 127 valence electrons. The number of benzene rings is 1. The van der Waals surface area contributed by atoms with Crippen LogP contribution >= 0.6 is 0 Å². The Bertz CT molecular complexity index is 874. The number of hydrogen-bond donors (Lipinski definition) is 1. The van der Waals surface area contributed by atoms with Gasteiger partial charge in [0.25, 0.3) is 0 Å². The maximum Gasteiger partial charge on any atom is 0.330 e. The van der Waals surface area contributed by atoms with Gasteiger partial charge in [0.2, 0.25) is 0 Å². The van der Waals surface area contributed by atoms with E-state index < -0.39 is 11.2 Å². The molecule has 25 heavy (non-hydrogen) atoms. The third-order valence-electron chi connectivity index (χ3n) is 4.60. The smallest absolute Gasteiger partial charge is 0.330 e. The van der Waals surface area contributed by atoms with E-state index in [9.17, 15) is 5.11 Å². The molecule has 0 bridgehead atoms. The maximum absolute atomic E-state index is 10.2. The third kappa shape index (κ3) is 3.89. The molecule has 1 N–H and O–H groups in total. The SMILES string of the molecule is CC(C)(O)C(C)(C)O[B]c1ccc2nc(-c3ccccn3)ccc2c1. The van der Waals surface area contributed by atoms with Gasteiger partial charge in [-0.1, -0.05) is 29.7 Å². The number of aromatic nitrogens is 2. The summed E-state index contributed by atoms with van der Waals surface area (Å²) in [5, 5.41) is 11.2. The monoisotopic (exact) mass is 333 g/mol. The molecule has 1 radical (unpaired) electrons. The molecule has 0 saturated carbocycles. The van der Waals surface area contributed by atoms with Gasteiger partial charge in [-0.05, 0) is 57.3 Å². The lowest BCUT2D eigenvalue weighted by molar-refractivity contribution is -0.0893. The number of aliphatic hydroxyl groups is 1. The van der Waals surface area contributed by atoms with Crippen LogP contribution in [-0.2, 0) is 4.65 Å². The van der Waals surface area contributed by atoms with Crippen LogP contribution in [-0.4, -0.2) is 33.8 Å². The predicted molar refractivity (Wildman–Crippen MR) is 102 cm³/mol. The van der Waals surface area contributed by atoms with E-state index in [1.807, 2.05) is 62.4 Å². The first kappa shape index (κ1) is 17.6. The summed E-state index contributed by atoms with van der Waals surface area (Å²) in [4.78, 5) is 9.02. The molecule has 2 heterocycles. The molecule has 0 aliphatic rings. The summed E-state index contributed by atoms with van der Waals surface area (Å²) in [6, 6.07) is 15.7. The van der Waals surface area contributed by atoms with Crippen LogP contribution in [0.3, 0.4) is 0 Å². The molecule has 0 atom stereocenters. The Hall–Kier alpha value is -2.24. The molecule has 0 aliphatic heterocycles. The molecule has 0 unspecified atom stereocenters. The van der Waals surface area contributed by atoms with Crippen molar-refractivity contribution in [1.82, 2.24) is 9.97 Å². The fourth-order valence-corrected chi connectivity index (χ4v) is 2.23. The number of rotatable bonds is 5. The lowest BCUT2D eigenvalue weighted by Gasteiger charge is -2.37. The maximum atomic E-state index is 10.2. The molecule has 0 aliphatic carbocycles. The summed E-state index contributed by atoms with van der Waals surface area (Å²) in [6.07, 6.45) is 1.76. The van der Waals surface area contributed by atoms with Gasteiger partial charge in [-0.3, -0.25) is 4.98 Å².